The van der Waals surface area contributed by atoms with Gasteiger partial charge in [0.2, 0.25) is 5.91 Å². The van der Waals surface area contributed by atoms with E-state index in [2.05, 4.69) is 15.3 Å². The van der Waals surface area contributed by atoms with Crippen LogP contribution in [0.5, 0.6) is 0 Å². The van der Waals surface area contributed by atoms with Gasteiger partial charge in [-0.2, -0.15) is 0 Å². The molecule has 5 N–H and O–H groups in total. The summed E-state index contributed by atoms with van der Waals surface area (Å²) in [6.45, 7) is 2.61. The van der Waals surface area contributed by atoms with Crippen LogP contribution in [0.25, 0.3) is 11.0 Å². The molecule has 1 amide bonds. The van der Waals surface area contributed by atoms with Crippen molar-refractivity contribution in [2.45, 2.75) is 13.0 Å². The molecule has 2 rings (SSSR count). The summed E-state index contributed by atoms with van der Waals surface area (Å²) in [6, 6.07) is 5.32. The van der Waals surface area contributed by atoms with Gasteiger partial charge in [0.1, 0.15) is 6.61 Å². The van der Waals surface area contributed by atoms with Gasteiger partial charge < -0.3 is 25.8 Å². The van der Waals surface area contributed by atoms with Crippen LogP contribution >= 0.6 is 0 Å². The maximum Gasteiger partial charge on any atom is 0.323 e. The fraction of sp³-hybridized carbons (Fsp3) is 0.385. The summed E-state index contributed by atoms with van der Waals surface area (Å²) in [4.78, 5) is 28.2. The summed E-state index contributed by atoms with van der Waals surface area (Å²) in [5.74, 6) is -0.200. The van der Waals surface area contributed by atoms with Crippen molar-refractivity contribution in [1.29, 1.82) is 0 Å². The number of rotatable bonds is 6. The van der Waals surface area contributed by atoms with Gasteiger partial charge in [-0.25, -0.2) is 4.79 Å². The van der Waals surface area contributed by atoms with Gasteiger partial charge in [0, 0.05) is 6.54 Å². The molecule has 1 heterocycles. The molecule has 0 fully saturated rings. The molecule has 0 aliphatic carbocycles. The molecule has 1 aromatic carbocycles. The minimum atomic E-state index is -0.246. The lowest BCUT2D eigenvalue weighted by atomic mass is 10.1. The molecule has 1 aromatic heterocycles. The zero-order valence-corrected chi connectivity index (χ0v) is 11.2. The van der Waals surface area contributed by atoms with E-state index in [4.69, 9.17) is 10.5 Å². The molecule has 0 aliphatic heterocycles. The van der Waals surface area contributed by atoms with Crippen molar-refractivity contribution >= 4 is 16.9 Å². The minimum Gasteiger partial charge on any atom is -0.370 e. The lowest BCUT2D eigenvalue weighted by Crippen LogP contribution is -2.30. The number of aromatic nitrogens is 2. The van der Waals surface area contributed by atoms with Gasteiger partial charge in [0.15, 0.2) is 0 Å². The number of hydrogen-bond acceptors (Lipinski definition) is 4. The van der Waals surface area contributed by atoms with Gasteiger partial charge in [0.05, 0.1) is 23.7 Å². The molecule has 7 nitrogen and oxygen atoms in total. The Morgan fingerprint density at radius 2 is 2.15 bits per heavy atom. The van der Waals surface area contributed by atoms with E-state index in [-0.39, 0.29) is 24.2 Å². The Balaban J connectivity index is 2.01. The predicted molar refractivity (Wildman–Crippen MR) is 75.4 cm³/mol. The van der Waals surface area contributed by atoms with Gasteiger partial charge in [-0.05, 0) is 24.6 Å². The molecule has 2 aromatic rings. The van der Waals surface area contributed by atoms with E-state index >= 15 is 0 Å². The summed E-state index contributed by atoms with van der Waals surface area (Å²) in [7, 11) is 0. The Morgan fingerprint density at radius 1 is 1.40 bits per heavy atom. The average molecular weight is 278 g/mol. The van der Waals surface area contributed by atoms with Crippen LogP contribution in [0.1, 0.15) is 18.5 Å². The Morgan fingerprint density at radius 3 is 2.90 bits per heavy atom. The number of H-pyrrole nitrogens is 2. The minimum absolute atomic E-state index is 0.00915. The molecule has 0 saturated carbocycles. The largest absolute Gasteiger partial charge is 0.370 e. The highest BCUT2D eigenvalue weighted by molar-refractivity contribution is 5.78. The summed E-state index contributed by atoms with van der Waals surface area (Å²) in [5.41, 5.74) is 7.38. The van der Waals surface area contributed by atoms with Gasteiger partial charge in [0.25, 0.3) is 0 Å². The van der Waals surface area contributed by atoms with Crippen molar-refractivity contribution in [3.8, 4) is 0 Å². The van der Waals surface area contributed by atoms with Gasteiger partial charge >= 0.3 is 5.69 Å². The number of amides is 1. The molecule has 1 unspecified atom stereocenters. The van der Waals surface area contributed by atoms with Crippen molar-refractivity contribution < 1.29 is 9.53 Å². The standard InChI is InChI=1S/C13H18N4O3/c1-8(15-12(18)7-20-5-4-14)9-2-3-10-11(6-9)17-13(19)16-10/h2-3,6,8H,4-5,7,14H2,1H3,(H,15,18)(H2,16,17,19). The zero-order valence-electron chi connectivity index (χ0n) is 11.2. The summed E-state index contributed by atoms with van der Waals surface area (Å²) in [5, 5.41) is 2.82. The van der Waals surface area contributed by atoms with Crippen molar-refractivity contribution in [1.82, 2.24) is 15.3 Å². The van der Waals surface area contributed by atoms with Gasteiger partial charge in [-0.3, -0.25) is 4.79 Å². The van der Waals surface area contributed by atoms with Crippen LogP contribution in [-0.4, -0.2) is 35.6 Å². The predicted octanol–water partition coefficient (Wildman–Crippen LogP) is 0.00870. The summed E-state index contributed by atoms with van der Waals surface area (Å²) in [6.07, 6.45) is 0. The molecule has 20 heavy (non-hydrogen) atoms. The number of nitrogens with one attached hydrogen (secondary N) is 3. The first kappa shape index (κ1) is 14.3. The third kappa shape index (κ3) is 3.46. The molecule has 7 heteroatoms. The second-order valence-corrected chi connectivity index (χ2v) is 4.51. The quantitative estimate of drug-likeness (QED) is 0.557. The average Bonchev–Trinajstić information content (AvgIpc) is 2.77. The van der Waals surface area contributed by atoms with Crippen LogP contribution in [0.15, 0.2) is 23.0 Å². The number of imidazole rings is 1. The smallest absolute Gasteiger partial charge is 0.323 e. The molecular weight excluding hydrogens is 260 g/mol. The van der Waals surface area contributed by atoms with Crippen LogP contribution in [0.3, 0.4) is 0 Å². The maximum absolute atomic E-state index is 11.6. The first-order chi connectivity index (χ1) is 9.60. The van der Waals surface area contributed by atoms with Crippen molar-refractivity contribution in [2.24, 2.45) is 5.73 Å². The van der Waals surface area contributed by atoms with Crippen LogP contribution in [0, 0.1) is 0 Å². The molecule has 1 atom stereocenters. The molecule has 0 saturated heterocycles. The molecule has 0 bridgehead atoms. The first-order valence-electron chi connectivity index (χ1n) is 6.39. The number of aromatic amines is 2. The van der Waals surface area contributed by atoms with Gasteiger partial charge in [-0.1, -0.05) is 6.07 Å². The number of nitrogens with two attached hydrogens (primary N) is 1. The van der Waals surface area contributed by atoms with Crippen molar-refractivity contribution in [3.63, 3.8) is 0 Å². The first-order valence-corrected chi connectivity index (χ1v) is 6.39. The van der Waals surface area contributed by atoms with Crippen molar-refractivity contribution in [2.75, 3.05) is 19.8 Å². The monoisotopic (exact) mass is 278 g/mol. The fourth-order valence-electron chi connectivity index (χ4n) is 1.93. The van der Waals surface area contributed by atoms with E-state index in [0.717, 1.165) is 11.1 Å². The van der Waals surface area contributed by atoms with E-state index in [9.17, 15) is 9.59 Å². The van der Waals surface area contributed by atoms with E-state index < -0.39 is 0 Å². The molecule has 0 radical (unpaired) electrons. The van der Waals surface area contributed by atoms with Crippen molar-refractivity contribution in [3.05, 3.63) is 34.2 Å². The molecular formula is C13H18N4O3. The number of benzene rings is 1. The Labute approximate surface area is 115 Å². The van der Waals surface area contributed by atoms with Crippen LogP contribution in [0.4, 0.5) is 0 Å². The second kappa shape index (κ2) is 6.36. The highest BCUT2D eigenvalue weighted by Gasteiger charge is 2.10. The lowest BCUT2D eigenvalue weighted by molar-refractivity contribution is -0.126. The second-order valence-electron chi connectivity index (χ2n) is 4.51. The Kier molecular flexibility index (Phi) is 4.54. The van der Waals surface area contributed by atoms with E-state index in [1.807, 2.05) is 19.1 Å². The van der Waals surface area contributed by atoms with Crippen LogP contribution in [-0.2, 0) is 9.53 Å². The van der Waals surface area contributed by atoms with Crippen LogP contribution in [0.2, 0.25) is 0 Å². The number of ether oxygens (including phenoxy) is 1. The third-order valence-corrected chi connectivity index (χ3v) is 2.91. The number of hydrogen-bond donors (Lipinski definition) is 4. The van der Waals surface area contributed by atoms with E-state index in [1.165, 1.54) is 0 Å². The fourth-order valence-corrected chi connectivity index (χ4v) is 1.93. The van der Waals surface area contributed by atoms with E-state index in [0.29, 0.717) is 18.7 Å². The number of carbonyl (C=O) groups is 1. The summed E-state index contributed by atoms with van der Waals surface area (Å²) >= 11 is 0. The molecule has 108 valence electrons. The highest BCUT2D eigenvalue weighted by Crippen LogP contribution is 2.16. The third-order valence-electron chi connectivity index (χ3n) is 2.91. The highest BCUT2D eigenvalue weighted by atomic mass is 16.5. The summed E-state index contributed by atoms with van der Waals surface area (Å²) < 4.78 is 5.07. The Hall–Kier alpha value is -2.12. The normalized spacial score (nSPS) is 12.5. The molecule has 0 spiro atoms. The molecule has 0 aliphatic rings. The zero-order chi connectivity index (χ0) is 14.5. The maximum atomic E-state index is 11.6. The topological polar surface area (TPSA) is 113 Å². The Bertz CT molecular complexity index is 646. The SMILES string of the molecule is CC(NC(=O)COCCN)c1ccc2[nH]c(=O)[nH]c2c1. The number of carbonyl (C=O) groups excluding carboxylic acids is 1. The number of fused-ring (bicyclic) bond motifs is 1. The lowest BCUT2D eigenvalue weighted by Gasteiger charge is -2.14. The van der Waals surface area contributed by atoms with E-state index in [1.54, 1.807) is 6.07 Å². The van der Waals surface area contributed by atoms with Crippen LogP contribution < -0.4 is 16.7 Å². The van der Waals surface area contributed by atoms with Gasteiger partial charge in [-0.15, -0.1) is 0 Å².